The van der Waals surface area contributed by atoms with Crippen molar-refractivity contribution in [3.63, 3.8) is 0 Å². The first-order valence-corrected chi connectivity index (χ1v) is 6.79. The fourth-order valence-electron chi connectivity index (χ4n) is 1.98. The van der Waals surface area contributed by atoms with Crippen LogP contribution in [-0.2, 0) is 4.79 Å². The zero-order chi connectivity index (χ0) is 13.8. The van der Waals surface area contributed by atoms with Gasteiger partial charge in [0.05, 0.1) is 11.6 Å². The number of nitrogens with one attached hydrogen (secondary N) is 1. The van der Waals surface area contributed by atoms with Crippen molar-refractivity contribution >= 4 is 34.9 Å². The Balaban J connectivity index is 2.02. The third-order valence-corrected chi connectivity index (χ3v) is 3.55. The van der Waals surface area contributed by atoms with Crippen molar-refractivity contribution in [1.82, 2.24) is 10.2 Å². The second-order valence-electron chi connectivity index (χ2n) is 4.42. The Morgan fingerprint density at radius 2 is 2.11 bits per heavy atom. The molecule has 0 unspecified atom stereocenters. The van der Waals surface area contributed by atoms with Crippen LogP contribution < -0.4 is 5.32 Å². The normalized spacial score (nSPS) is 16.8. The molecular weight excluding hydrogens is 287 g/mol. The molecule has 2 rings (SSSR count). The molecular formula is C13H14Cl2N2O2. The highest BCUT2D eigenvalue weighted by atomic mass is 35.5. The van der Waals surface area contributed by atoms with Gasteiger partial charge in [0, 0.05) is 36.6 Å². The fourth-order valence-corrected chi connectivity index (χ4v) is 2.49. The molecule has 1 aromatic rings. The van der Waals surface area contributed by atoms with E-state index in [0.29, 0.717) is 41.7 Å². The minimum atomic E-state index is -0.0592. The summed E-state index contributed by atoms with van der Waals surface area (Å²) < 4.78 is 0. The molecule has 1 fully saturated rings. The lowest BCUT2D eigenvalue weighted by molar-refractivity contribution is -0.120. The SMILES string of the molecule is O=C1CCN(CC(=O)c2ccc(Cl)cc2Cl)CCN1. The lowest BCUT2D eigenvalue weighted by Crippen LogP contribution is -2.33. The van der Waals surface area contributed by atoms with Crippen LogP contribution in [0.25, 0.3) is 0 Å². The Morgan fingerprint density at radius 1 is 1.32 bits per heavy atom. The van der Waals surface area contributed by atoms with E-state index in [0.717, 1.165) is 0 Å². The molecule has 0 aromatic heterocycles. The number of Topliss-reactive ketones (excluding diaryl/α,β-unsaturated/α-hetero) is 1. The summed E-state index contributed by atoms with van der Waals surface area (Å²) in [6.45, 7) is 2.09. The van der Waals surface area contributed by atoms with Gasteiger partial charge in [0.25, 0.3) is 0 Å². The highest BCUT2D eigenvalue weighted by molar-refractivity contribution is 6.36. The van der Waals surface area contributed by atoms with Gasteiger partial charge in [0.15, 0.2) is 5.78 Å². The summed E-state index contributed by atoms with van der Waals surface area (Å²) in [5.74, 6) is -0.0320. The maximum atomic E-state index is 12.2. The molecule has 4 nitrogen and oxygen atoms in total. The number of carbonyl (C=O) groups is 2. The maximum absolute atomic E-state index is 12.2. The van der Waals surface area contributed by atoms with Crippen molar-refractivity contribution in [3.8, 4) is 0 Å². The molecule has 19 heavy (non-hydrogen) atoms. The van der Waals surface area contributed by atoms with Gasteiger partial charge >= 0.3 is 0 Å². The van der Waals surface area contributed by atoms with Gasteiger partial charge in [-0.2, -0.15) is 0 Å². The number of nitrogens with zero attached hydrogens (tertiary/aromatic N) is 1. The number of hydrogen-bond acceptors (Lipinski definition) is 3. The zero-order valence-corrected chi connectivity index (χ0v) is 11.8. The Labute approximate surface area is 121 Å². The average Bonchev–Trinajstić information content (AvgIpc) is 2.54. The van der Waals surface area contributed by atoms with Gasteiger partial charge in [-0.1, -0.05) is 23.2 Å². The third kappa shape index (κ3) is 3.93. The van der Waals surface area contributed by atoms with E-state index >= 15 is 0 Å². The van der Waals surface area contributed by atoms with Crippen LogP contribution >= 0.6 is 23.2 Å². The zero-order valence-electron chi connectivity index (χ0n) is 10.3. The van der Waals surface area contributed by atoms with E-state index in [1.807, 2.05) is 4.90 Å². The van der Waals surface area contributed by atoms with Crippen LogP contribution in [0.3, 0.4) is 0 Å². The molecule has 1 heterocycles. The predicted octanol–water partition coefficient (Wildman–Crippen LogP) is 2.00. The maximum Gasteiger partial charge on any atom is 0.221 e. The molecule has 1 aliphatic rings. The van der Waals surface area contributed by atoms with Crippen molar-refractivity contribution in [1.29, 1.82) is 0 Å². The number of benzene rings is 1. The molecule has 0 bridgehead atoms. The van der Waals surface area contributed by atoms with Gasteiger partial charge in [-0.05, 0) is 18.2 Å². The van der Waals surface area contributed by atoms with Crippen LogP contribution in [0.4, 0.5) is 0 Å². The van der Waals surface area contributed by atoms with Crippen molar-refractivity contribution < 1.29 is 9.59 Å². The minimum Gasteiger partial charge on any atom is -0.355 e. The summed E-state index contributed by atoms with van der Waals surface area (Å²) in [7, 11) is 0. The molecule has 0 radical (unpaired) electrons. The molecule has 102 valence electrons. The number of carbonyl (C=O) groups excluding carboxylic acids is 2. The van der Waals surface area contributed by atoms with Crippen LogP contribution in [0.1, 0.15) is 16.8 Å². The summed E-state index contributed by atoms with van der Waals surface area (Å²) >= 11 is 11.8. The van der Waals surface area contributed by atoms with Crippen LogP contribution in [0, 0.1) is 0 Å². The van der Waals surface area contributed by atoms with Crippen LogP contribution in [0.2, 0.25) is 10.0 Å². The van der Waals surface area contributed by atoms with Gasteiger partial charge in [-0.15, -0.1) is 0 Å². The lowest BCUT2D eigenvalue weighted by atomic mass is 10.1. The summed E-state index contributed by atoms with van der Waals surface area (Å²) in [6, 6.07) is 4.84. The molecule has 0 aliphatic carbocycles. The van der Waals surface area contributed by atoms with Crippen molar-refractivity contribution in [3.05, 3.63) is 33.8 Å². The molecule has 6 heteroatoms. The Kier molecular flexibility index (Phi) is 4.80. The molecule has 0 spiro atoms. The monoisotopic (exact) mass is 300 g/mol. The summed E-state index contributed by atoms with van der Waals surface area (Å²) in [4.78, 5) is 25.3. The second-order valence-corrected chi connectivity index (χ2v) is 5.27. The van der Waals surface area contributed by atoms with E-state index in [2.05, 4.69) is 5.32 Å². The van der Waals surface area contributed by atoms with E-state index < -0.39 is 0 Å². The largest absolute Gasteiger partial charge is 0.355 e. The molecule has 1 amide bonds. The highest BCUT2D eigenvalue weighted by Gasteiger charge is 2.18. The first kappa shape index (κ1) is 14.3. The average molecular weight is 301 g/mol. The molecule has 1 aromatic carbocycles. The smallest absolute Gasteiger partial charge is 0.221 e. The lowest BCUT2D eigenvalue weighted by Gasteiger charge is -2.18. The Hall–Kier alpha value is -1.10. The van der Waals surface area contributed by atoms with Gasteiger partial charge in [-0.3, -0.25) is 14.5 Å². The molecule has 1 saturated heterocycles. The number of amides is 1. The first-order valence-electron chi connectivity index (χ1n) is 6.03. The van der Waals surface area contributed by atoms with E-state index in [4.69, 9.17) is 23.2 Å². The highest BCUT2D eigenvalue weighted by Crippen LogP contribution is 2.21. The molecule has 1 N–H and O–H groups in total. The number of rotatable bonds is 3. The summed E-state index contributed by atoms with van der Waals surface area (Å²) in [5.41, 5.74) is 0.467. The molecule has 1 aliphatic heterocycles. The predicted molar refractivity (Wildman–Crippen MR) is 74.9 cm³/mol. The summed E-state index contributed by atoms with van der Waals surface area (Å²) in [5, 5.41) is 3.64. The van der Waals surface area contributed by atoms with Gasteiger partial charge in [-0.25, -0.2) is 0 Å². The molecule has 0 saturated carbocycles. The fraction of sp³-hybridized carbons (Fsp3) is 0.385. The van der Waals surface area contributed by atoms with Crippen LogP contribution in [0.15, 0.2) is 18.2 Å². The summed E-state index contributed by atoms with van der Waals surface area (Å²) in [6.07, 6.45) is 0.418. The first-order chi connectivity index (χ1) is 9.06. The van der Waals surface area contributed by atoms with E-state index in [9.17, 15) is 9.59 Å². The Bertz CT molecular complexity index is 505. The van der Waals surface area contributed by atoms with Crippen LogP contribution in [-0.4, -0.2) is 42.8 Å². The third-order valence-electron chi connectivity index (χ3n) is 3.00. The van der Waals surface area contributed by atoms with Gasteiger partial charge in [0.1, 0.15) is 0 Å². The Morgan fingerprint density at radius 3 is 2.84 bits per heavy atom. The molecule has 0 atom stereocenters. The van der Waals surface area contributed by atoms with Crippen molar-refractivity contribution in [2.75, 3.05) is 26.2 Å². The van der Waals surface area contributed by atoms with E-state index in [1.165, 1.54) is 0 Å². The van der Waals surface area contributed by atoms with Crippen LogP contribution in [0.5, 0.6) is 0 Å². The van der Waals surface area contributed by atoms with Gasteiger partial charge < -0.3 is 5.32 Å². The van der Waals surface area contributed by atoms with Crippen molar-refractivity contribution in [2.24, 2.45) is 0 Å². The quantitative estimate of drug-likeness (QED) is 0.869. The number of hydrogen-bond donors (Lipinski definition) is 1. The van der Waals surface area contributed by atoms with E-state index in [1.54, 1.807) is 18.2 Å². The van der Waals surface area contributed by atoms with E-state index in [-0.39, 0.29) is 18.2 Å². The minimum absolute atomic E-state index is 0.0273. The van der Waals surface area contributed by atoms with Gasteiger partial charge in [0.2, 0.25) is 5.91 Å². The number of ketones is 1. The standard InChI is InChI=1S/C13H14Cl2N2O2/c14-9-1-2-10(11(15)7-9)12(18)8-17-5-3-13(19)16-4-6-17/h1-2,7H,3-6,8H2,(H,16,19). The topological polar surface area (TPSA) is 49.4 Å². The van der Waals surface area contributed by atoms with Crippen molar-refractivity contribution in [2.45, 2.75) is 6.42 Å². The second kappa shape index (κ2) is 6.37. The number of halogens is 2.